The zero-order valence-corrected chi connectivity index (χ0v) is 14.2. The second kappa shape index (κ2) is 5.73. The van der Waals surface area contributed by atoms with Gasteiger partial charge in [-0.1, -0.05) is 43.3 Å². The summed E-state index contributed by atoms with van der Waals surface area (Å²) in [5.41, 5.74) is 2.03. The number of hydrogen-bond acceptors (Lipinski definition) is 6. The van der Waals surface area contributed by atoms with Crippen LogP contribution < -0.4 is 0 Å². The molecule has 0 N–H and O–H groups in total. The summed E-state index contributed by atoms with van der Waals surface area (Å²) in [6.07, 6.45) is -0.199. The fraction of sp³-hybridized carbons (Fsp3) is 0.412. The van der Waals surface area contributed by atoms with Gasteiger partial charge < -0.3 is 9.26 Å². The maximum absolute atomic E-state index is 13.1. The molecule has 1 aromatic carbocycles. The number of ether oxygens (including phenoxy) is 1. The molecule has 0 fully saturated rings. The summed E-state index contributed by atoms with van der Waals surface area (Å²) in [4.78, 5) is 4.43. The molecule has 3 aromatic rings. The van der Waals surface area contributed by atoms with Crippen LogP contribution in [0.5, 0.6) is 0 Å². The lowest BCUT2D eigenvalue weighted by molar-refractivity contribution is -0.00120. The number of rotatable bonds is 2. The molecule has 130 valence electrons. The van der Waals surface area contributed by atoms with E-state index in [4.69, 9.17) is 9.26 Å². The quantitative estimate of drug-likeness (QED) is 0.712. The molecule has 0 saturated heterocycles. The molecule has 8 heteroatoms. The van der Waals surface area contributed by atoms with Gasteiger partial charge in [0, 0.05) is 5.41 Å². The normalized spacial score (nSPS) is 17.5. The second-order valence-corrected chi connectivity index (χ2v) is 7.09. The molecule has 3 heterocycles. The number of nitrogens with zero attached hydrogens (tertiary/aromatic N) is 5. The van der Waals surface area contributed by atoms with Crippen molar-refractivity contribution >= 4 is 0 Å². The Labute approximate surface area is 143 Å². The topological polar surface area (TPSA) is 78.9 Å². The molecule has 0 radical (unpaired) electrons. The summed E-state index contributed by atoms with van der Waals surface area (Å²) in [5, 5.41) is 12.4. The highest BCUT2D eigenvalue weighted by molar-refractivity contribution is 5.50. The lowest BCUT2D eigenvalue weighted by atomic mass is 9.96. The van der Waals surface area contributed by atoms with Crippen LogP contribution in [0.15, 0.2) is 28.8 Å². The van der Waals surface area contributed by atoms with Gasteiger partial charge in [-0.3, -0.25) is 0 Å². The lowest BCUT2D eigenvalue weighted by Crippen LogP contribution is -2.22. The Morgan fingerprint density at radius 3 is 2.64 bits per heavy atom. The molecule has 0 saturated carbocycles. The van der Waals surface area contributed by atoms with Crippen molar-refractivity contribution in [2.24, 2.45) is 0 Å². The van der Waals surface area contributed by atoms with Gasteiger partial charge in [0.2, 0.25) is 0 Å². The van der Waals surface area contributed by atoms with E-state index in [-0.39, 0.29) is 17.3 Å². The van der Waals surface area contributed by atoms with Crippen molar-refractivity contribution < 1.29 is 13.7 Å². The second-order valence-electron chi connectivity index (χ2n) is 7.09. The third kappa shape index (κ3) is 2.93. The van der Waals surface area contributed by atoms with Crippen molar-refractivity contribution in [3.05, 3.63) is 47.2 Å². The Hall–Kier alpha value is -2.61. The standard InChI is InChI=1S/C17H18FN5O2/c1-17(2,3)16-19-15(25-21-16)14-12-9-24-13(8-23(12)22-20-14)10-4-6-11(18)7-5-10/h4-7,13H,8-9H2,1-3H3. The first-order valence-electron chi connectivity index (χ1n) is 8.06. The zero-order valence-electron chi connectivity index (χ0n) is 14.2. The van der Waals surface area contributed by atoms with Gasteiger partial charge in [0.05, 0.1) is 18.8 Å². The summed E-state index contributed by atoms with van der Waals surface area (Å²) in [6.45, 7) is 6.85. The number of aromatic nitrogens is 5. The molecule has 7 nitrogen and oxygen atoms in total. The van der Waals surface area contributed by atoms with Crippen LogP contribution in [0.2, 0.25) is 0 Å². The summed E-state index contributed by atoms with van der Waals surface area (Å²) in [7, 11) is 0. The first kappa shape index (κ1) is 15.9. The smallest absolute Gasteiger partial charge is 0.280 e. The van der Waals surface area contributed by atoms with Crippen molar-refractivity contribution in [2.75, 3.05) is 0 Å². The first-order chi connectivity index (χ1) is 11.9. The average Bonchev–Trinajstić information content (AvgIpc) is 3.21. The molecular formula is C17H18FN5O2. The van der Waals surface area contributed by atoms with Crippen molar-refractivity contribution in [2.45, 2.75) is 45.4 Å². The first-order valence-corrected chi connectivity index (χ1v) is 8.06. The third-order valence-corrected chi connectivity index (χ3v) is 4.14. The van der Waals surface area contributed by atoms with Crippen LogP contribution in [0.1, 0.15) is 44.0 Å². The van der Waals surface area contributed by atoms with Gasteiger partial charge in [-0.05, 0) is 17.7 Å². The number of fused-ring (bicyclic) bond motifs is 1. The zero-order chi connectivity index (χ0) is 17.6. The van der Waals surface area contributed by atoms with Crippen molar-refractivity contribution in [3.63, 3.8) is 0 Å². The van der Waals surface area contributed by atoms with Crippen molar-refractivity contribution in [1.82, 2.24) is 25.1 Å². The fourth-order valence-electron chi connectivity index (χ4n) is 2.68. The maximum atomic E-state index is 13.1. The molecule has 25 heavy (non-hydrogen) atoms. The summed E-state index contributed by atoms with van der Waals surface area (Å²) in [5.74, 6) is 0.689. The Morgan fingerprint density at radius 2 is 1.96 bits per heavy atom. The van der Waals surface area contributed by atoms with E-state index in [0.29, 0.717) is 30.6 Å². The lowest BCUT2D eigenvalue weighted by Gasteiger charge is -2.24. The summed E-state index contributed by atoms with van der Waals surface area (Å²) < 4.78 is 26.1. The van der Waals surface area contributed by atoms with E-state index in [1.165, 1.54) is 12.1 Å². The molecule has 4 rings (SSSR count). The SMILES string of the molecule is CC(C)(C)c1noc(-c2nnn3c2COC(c2ccc(F)cc2)C3)n1. The van der Waals surface area contributed by atoms with Crippen LogP contribution in [0.4, 0.5) is 4.39 Å². The van der Waals surface area contributed by atoms with Gasteiger partial charge in [0.1, 0.15) is 11.9 Å². The predicted octanol–water partition coefficient (Wildman–Crippen LogP) is 3.04. The Balaban J connectivity index is 1.60. The van der Waals surface area contributed by atoms with E-state index in [2.05, 4.69) is 20.5 Å². The fourth-order valence-corrected chi connectivity index (χ4v) is 2.68. The Morgan fingerprint density at radius 1 is 1.20 bits per heavy atom. The molecule has 0 amide bonds. The number of benzene rings is 1. The van der Waals surface area contributed by atoms with Gasteiger partial charge >= 0.3 is 0 Å². The summed E-state index contributed by atoms with van der Waals surface area (Å²) in [6, 6.07) is 6.29. The van der Waals surface area contributed by atoms with E-state index < -0.39 is 0 Å². The van der Waals surface area contributed by atoms with Crippen LogP contribution in [0, 0.1) is 5.82 Å². The van der Waals surface area contributed by atoms with Gasteiger partial charge in [0.25, 0.3) is 5.89 Å². The van der Waals surface area contributed by atoms with Crippen molar-refractivity contribution in [3.8, 4) is 11.6 Å². The molecule has 1 unspecified atom stereocenters. The van der Waals surface area contributed by atoms with Gasteiger partial charge in [0.15, 0.2) is 11.5 Å². The molecule has 0 spiro atoms. The molecule has 0 bridgehead atoms. The molecule has 1 aliphatic heterocycles. The van der Waals surface area contributed by atoms with E-state index in [0.717, 1.165) is 11.3 Å². The van der Waals surface area contributed by atoms with E-state index >= 15 is 0 Å². The van der Waals surface area contributed by atoms with E-state index in [9.17, 15) is 4.39 Å². The largest absolute Gasteiger partial charge is 0.365 e. The van der Waals surface area contributed by atoms with Crippen LogP contribution in [0.3, 0.4) is 0 Å². The van der Waals surface area contributed by atoms with E-state index in [1.807, 2.05) is 20.8 Å². The Bertz CT molecular complexity index is 895. The highest BCUT2D eigenvalue weighted by atomic mass is 19.1. The minimum absolute atomic E-state index is 0.199. The molecular weight excluding hydrogens is 325 g/mol. The van der Waals surface area contributed by atoms with Gasteiger partial charge in [-0.2, -0.15) is 4.98 Å². The number of halogens is 1. The molecule has 2 aromatic heterocycles. The maximum Gasteiger partial charge on any atom is 0.280 e. The monoisotopic (exact) mass is 343 g/mol. The molecule has 1 atom stereocenters. The highest BCUT2D eigenvalue weighted by Crippen LogP contribution is 2.31. The minimum atomic E-state index is -0.269. The van der Waals surface area contributed by atoms with Gasteiger partial charge in [-0.25, -0.2) is 9.07 Å². The molecule has 0 aliphatic carbocycles. The van der Waals surface area contributed by atoms with E-state index in [1.54, 1.807) is 16.8 Å². The number of hydrogen-bond donors (Lipinski definition) is 0. The minimum Gasteiger partial charge on any atom is -0.365 e. The Kier molecular flexibility index (Phi) is 3.64. The third-order valence-electron chi connectivity index (χ3n) is 4.14. The highest BCUT2D eigenvalue weighted by Gasteiger charge is 2.29. The summed E-state index contributed by atoms with van der Waals surface area (Å²) >= 11 is 0. The van der Waals surface area contributed by atoms with Gasteiger partial charge in [-0.15, -0.1) is 5.10 Å². The van der Waals surface area contributed by atoms with Crippen LogP contribution >= 0.6 is 0 Å². The molecule has 1 aliphatic rings. The van der Waals surface area contributed by atoms with Crippen LogP contribution in [-0.4, -0.2) is 25.1 Å². The van der Waals surface area contributed by atoms with Crippen LogP contribution in [0.25, 0.3) is 11.6 Å². The predicted molar refractivity (Wildman–Crippen MR) is 85.9 cm³/mol. The van der Waals surface area contributed by atoms with Crippen molar-refractivity contribution in [1.29, 1.82) is 0 Å². The van der Waals surface area contributed by atoms with Crippen LogP contribution in [-0.2, 0) is 23.3 Å². The average molecular weight is 343 g/mol.